The van der Waals surface area contributed by atoms with Crippen molar-refractivity contribution in [3.05, 3.63) is 35.4 Å². The molecule has 0 bridgehead atoms. The van der Waals surface area contributed by atoms with E-state index in [0.717, 1.165) is 12.2 Å². The van der Waals surface area contributed by atoms with Crippen molar-refractivity contribution in [2.45, 2.75) is 32.4 Å². The Balaban J connectivity index is 2.59. The number of aliphatic hydroxyl groups excluding tert-OH is 1. The van der Waals surface area contributed by atoms with Crippen molar-refractivity contribution < 1.29 is 5.11 Å². The first-order chi connectivity index (χ1) is 8.17. The van der Waals surface area contributed by atoms with Crippen molar-refractivity contribution in [2.24, 2.45) is 0 Å². The molecule has 0 spiro atoms. The van der Waals surface area contributed by atoms with Crippen LogP contribution >= 0.6 is 11.8 Å². The van der Waals surface area contributed by atoms with Gasteiger partial charge in [0.15, 0.2) is 0 Å². The highest BCUT2D eigenvalue weighted by molar-refractivity contribution is 7.98. The number of benzene rings is 1. The fraction of sp³-hybridized carbons (Fsp3) is 0.571. The van der Waals surface area contributed by atoms with E-state index in [2.05, 4.69) is 49.7 Å². The fourth-order valence-corrected chi connectivity index (χ4v) is 2.63. The molecule has 1 rings (SSSR count). The Labute approximate surface area is 109 Å². The zero-order chi connectivity index (χ0) is 12.7. The fourth-order valence-electron chi connectivity index (χ4n) is 1.96. The first kappa shape index (κ1) is 14.6. The molecule has 0 saturated carbocycles. The highest BCUT2D eigenvalue weighted by atomic mass is 32.2. The molecule has 0 radical (unpaired) electrons. The molecule has 0 aliphatic rings. The van der Waals surface area contributed by atoms with Gasteiger partial charge >= 0.3 is 0 Å². The minimum absolute atomic E-state index is 0.249. The number of aryl methyl sites for hydroxylation is 1. The molecular weight excluding hydrogens is 230 g/mol. The summed E-state index contributed by atoms with van der Waals surface area (Å²) < 4.78 is 0. The number of hydrogen-bond acceptors (Lipinski definition) is 3. The van der Waals surface area contributed by atoms with Crippen LogP contribution in [0.4, 0.5) is 0 Å². The first-order valence-corrected chi connectivity index (χ1v) is 7.49. The van der Waals surface area contributed by atoms with Gasteiger partial charge in [0.05, 0.1) is 0 Å². The number of hydrogen-bond donors (Lipinski definition) is 2. The van der Waals surface area contributed by atoms with Gasteiger partial charge in [0.25, 0.3) is 0 Å². The zero-order valence-electron chi connectivity index (χ0n) is 10.9. The molecular formula is C14H23NOS. The van der Waals surface area contributed by atoms with Crippen LogP contribution in [0.1, 0.15) is 30.5 Å². The maximum atomic E-state index is 9.04. The van der Waals surface area contributed by atoms with Crippen molar-refractivity contribution >= 4 is 11.8 Å². The molecule has 0 aliphatic heterocycles. The average Bonchev–Trinajstić information content (AvgIpc) is 2.29. The zero-order valence-corrected chi connectivity index (χ0v) is 11.8. The lowest BCUT2D eigenvalue weighted by molar-refractivity contribution is 0.265. The predicted molar refractivity (Wildman–Crippen MR) is 76.6 cm³/mol. The van der Waals surface area contributed by atoms with E-state index in [9.17, 15) is 0 Å². The topological polar surface area (TPSA) is 32.3 Å². The van der Waals surface area contributed by atoms with Crippen LogP contribution in [0.5, 0.6) is 0 Å². The van der Waals surface area contributed by atoms with E-state index < -0.39 is 0 Å². The second-order valence-corrected chi connectivity index (χ2v) is 5.38. The quantitative estimate of drug-likeness (QED) is 0.784. The summed E-state index contributed by atoms with van der Waals surface area (Å²) in [6, 6.07) is 9.29. The summed E-state index contributed by atoms with van der Waals surface area (Å²) in [5.41, 5.74) is 2.61. The molecule has 2 N–H and O–H groups in total. The number of thioether (sulfide) groups is 1. The Bertz CT molecular complexity index is 324. The van der Waals surface area contributed by atoms with E-state index in [1.807, 2.05) is 11.8 Å². The summed E-state index contributed by atoms with van der Waals surface area (Å²) in [7, 11) is 0. The van der Waals surface area contributed by atoms with Gasteiger partial charge in [-0.05, 0) is 32.1 Å². The van der Waals surface area contributed by atoms with Crippen LogP contribution in [0.15, 0.2) is 24.3 Å². The molecule has 0 amide bonds. The lowest BCUT2D eigenvalue weighted by Crippen LogP contribution is -2.34. The first-order valence-electron chi connectivity index (χ1n) is 6.09. The minimum atomic E-state index is 0.249. The van der Waals surface area contributed by atoms with Gasteiger partial charge in [-0.2, -0.15) is 11.8 Å². The highest BCUT2D eigenvalue weighted by Gasteiger charge is 2.12. The van der Waals surface area contributed by atoms with Crippen LogP contribution in [0.3, 0.4) is 0 Å². The number of nitrogens with one attached hydrogen (secondary N) is 1. The van der Waals surface area contributed by atoms with Crippen molar-refractivity contribution in [1.82, 2.24) is 5.32 Å². The molecule has 0 heterocycles. The monoisotopic (exact) mass is 253 g/mol. The lowest BCUT2D eigenvalue weighted by Gasteiger charge is -2.22. The molecule has 2 atom stereocenters. The normalized spacial score (nSPS) is 14.6. The maximum absolute atomic E-state index is 9.04. The minimum Gasteiger partial charge on any atom is -0.396 e. The van der Waals surface area contributed by atoms with Gasteiger partial charge in [-0.15, -0.1) is 0 Å². The molecule has 2 nitrogen and oxygen atoms in total. The third-order valence-corrected chi connectivity index (χ3v) is 3.61. The second-order valence-electron chi connectivity index (χ2n) is 4.47. The SMILES string of the molecule is CSCC(CCO)NC(C)c1cccc(C)c1. The summed E-state index contributed by atoms with van der Waals surface area (Å²) in [6.07, 6.45) is 2.92. The molecule has 2 unspecified atom stereocenters. The Hall–Kier alpha value is -0.510. The van der Waals surface area contributed by atoms with Crippen LogP contribution < -0.4 is 5.32 Å². The van der Waals surface area contributed by atoms with Gasteiger partial charge in [0.2, 0.25) is 0 Å². The molecule has 17 heavy (non-hydrogen) atoms. The maximum Gasteiger partial charge on any atom is 0.0446 e. The molecule has 3 heteroatoms. The van der Waals surface area contributed by atoms with E-state index in [1.54, 1.807) is 0 Å². The van der Waals surface area contributed by atoms with E-state index in [-0.39, 0.29) is 6.61 Å². The van der Waals surface area contributed by atoms with Crippen molar-refractivity contribution in [3.8, 4) is 0 Å². The van der Waals surface area contributed by atoms with Crippen LogP contribution in [-0.4, -0.2) is 29.8 Å². The van der Waals surface area contributed by atoms with Gasteiger partial charge in [-0.1, -0.05) is 29.8 Å². The van der Waals surface area contributed by atoms with Crippen LogP contribution in [0, 0.1) is 6.92 Å². The predicted octanol–water partition coefficient (Wildman–Crippen LogP) is 2.76. The standard InChI is InChI=1S/C14H23NOS/c1-11-5-4-6-13(9-11)12(2)15-14(7-8-16)10-17-3/h4-6,9,12,14-16H,7-8,10H2,1-3H3. The van der Waals surface area contributed by atoms with Crippen molar-refractivity contribution in [3.63, 3.8) is 0 Å². The third kappa shape index (κ3) is 5.11. The van der Waals surface area contributed by atoms with Gasteiger partial charge < -0.3 is 10.4 Å². The van der Waals surface area contributed by atoms with Crippen LogP contribution in [-0.2, 0) is 0 Å². The van der Waals surface area contributed by atoms with E-state index in [0.29, 0.717) is 12.1 Å². The Morgan fingerprint density at radius 3 is 2.76 bits per heavy atom. The van der Waals surface area contributed by atoms with Gasteiger partial charge in [0.1, 0.15) is 0 Å². The smallest absolute Gasteiger partial charge is 0.0446 e. The van der Waals surface area contributed by atoms with Crippen LogP contribution in [0.25, 0.3) is 0 Å². The van der Waals surface area contributed by atoms with E-state index in [1.165, 1.54) is 11.1 Å². The number of rotatable bonds is 7. The molecule has 1 aromatic carbocycles. The van der Waals surface area contributed by atoms with E-state index >= 15 is 0 Å². The van der Waals surface area contributed by atoms with Gasteiger partial charge in [-0.25, -0.2) is 0 Å². The summed E-state index contributed by atoms with van der Waals surface area (Å²) >= 11 is 1.82. The Morgan fingerprint density at radius 2 is 2.18 bits per heavy atom. The van der Waals surface area contributed by atoms with Crippen molar-refractivity contribution in [1.29, 1.82) is 0 Å². The van der Waals surface area contributed by atoms with Gasteiger partial charge in [-0.3, -0.25) is 0 Å². The summed E-state index contributed by atoms with van der Waals surface area (Å²) in [5, 5.41) is 12.6. The Kier molecular flexibility index (Phi) is 6.63. The lowest BCUT2D eigenvalue weighted by atomic mass is 10.0. The summed E-state index contributed by atoms with van der Waals surface area (Å²) in [6.45, 7) is 4.54. The van der Waals surface area contributed by atoms with Crippen LogP contribution in [0.2, 0.25) is 0 Å². The highest BCUT2D eigenvalue weighted by Crippen LogP contribution is 2.16. The third-order valence-electron chi connectivity index (χ3n) is 2.87. The summed E-state index contributed by atoms with van der Waals surface area (Å²) in [5.74, 6) is 1.04. The van der Waals surface area contributed by atoms with Gasteiger partial charge in [0, 0.05) is 24.4 Å². The number of aliphatic hydroxyl groups is 1. The molecule has 0 fully saturated rings. The summed E-state index contributed by atoms with van der Waals surface area (Å²) in [4.78, 5) is 0. The largest absolute Gasteiger partial charge is 0.396 e. The average molecular weight is 253 g/mol. The molecule has 0 aliphatic carbocycles. The van der Waals surface area contributed by atoms with E-state index in [4.69, 9.17) is 5.11 Å². The molecule has 0 aromatic heterocycles. The molecule has 96 valence electrons. The van der Waals surface area contributed by atoms with Crippen molar-refractivity contribution in [2.75, 3.05) is 18.6 Å². The molecule has 0 saturated heterocycles. The Morgan fingerprint density at radius 1 is 1.41 bits per heavy atom. The second kappa shape index (κ2) is 7.75. The molecule has 1 aromatic rings.